The molecule has 2 aromatic rings. The van der Waals surface area contributed by atoms with Crippen molar-refractivity contribution in [2.24, 2.45) is 0 Å². The average molecular weight is 486 g/mol. The predicted molar refractivity (Wildman–Crippen MR) is 122 cm³/mol. The molecule has 1 N–H and O–H groups in total. The first-order valence-electron chi connectivity index (χ1n) is 8.64. The molecule has 2 aromatic carbocycles. The van der Waals surface area contributed by atoms with Crippen LogP contribution in [0.25, 0.3) is 6.08 Å². The van der Waals surface area contributed by atoms with Crippen molar-refractivity contribution in [3.8, 4) is 11.5 Å². The molecule has 0 saturated carbocycles. The molecule has 0 unspecified atom stereocenters. The van der Waals surface area contributed by atoms with Gasteiger partial charge in [-0.25, -0.2) is 0 Å². The van der Waals surface area contributed by atoms with Crippen molar-refractivity contribution in [1.29, 1.82) is 0 Å². The van der Waals surface area contributed by atoms with E-state index in [9.17, 15) is 9.59 Å². The molecule has 0 aliphatic carbocycles. The van der Waals surface area contributed by atoms with Crippen LogP contribution in [0.4, 0.5) is 5.69 Å². The molecule has 3 rings (SSSR count). The summed E-state index contributed by atoms with van der Waals surface area (Å²) in [6, 6.07) is 7.95. The molecule has 6 nitrogen and oxygen atoms in total. The van der Waals surface area contributed by atoms with Crippen LogP contribution in [0.15, 0.2) is 35.9 Å². The highest BCUT2D eigenvalue weighted by Gasteiger charge is 2.35. The highest BCUT2D eigenvalue weighted by Crippen LogP contribution is 2.38. The Labute approximate surface area is 193 Å². The fourth-order valence-electron chi connectivity index (χ4n) is 2.84. The number of benzene rings is 2. The summed E-state index contributed by atoms with van der Waals surface area (Å²) in [7, 11) is 1.47. The van der Waals surface area contributed by atoms with E-state index in [4.69, 9.17) is 56.5 Å². The maximum Gasteiger partial charge on any atom is 0.270 e. The van der Waals surface area contributed by atoms with E-state index in [0.717, 1.165) is 4.90 Å². The molecule has 0 aromatic heterocycles. The molecule has 1 fully saturated rings. The highest BCUT2D eigenvalue weighted by atomic mass is 35.5. The van der Waals surface area contributed by atoms with Gasteiger partial charge in [-0.1, -0.05) is 40.9 Å². The first-order valence-corrected chi connectivity index (χ1v) is 10.2. The number of hydrogen-bond donors (Lipinski definition) is 1. The van der Waals surface area contributed by atoms with Gasteiger partial charge in [0, 0.05) is 0 Å². The van der Waals surface area contributed by atoms with Crippen LogP contribution in [0.2, 0.25) is 15.1 Å². The Balaban J connectivity index is 2.08. The van der Waals surface area contributed by atoms with Crippen LogP contribution < -0.4 is 19.7 Å². The van der Waals surface area contributed by atoms with Crippen molar-refractivity contribution in [3.05, 3.63) is 56.5 Å². The van der Waals surface area contributed by atoms with E-state index >= 15 is 0 Å². The molecule has 0 spiro atoms. The Hall–Kier alpha value is -2.32. The Morgan fingerprint density at radius 3 is 2.57 bits per heavy atom. The van der Waals surface area contributed by atoms with Crippen molar-refractivity contribution < 1.29 is 19.1 Å². The largest absolute Gasteiger partial charge is 0.491 e. The van der Waals surface area contributed by atoms with Gasteiger partial charge >= 0.3 is 0 Å². The lowest BCUT2D eigenvalue weighted by Gasteiger charge is -2.29. The SMILES string of the molecule is CCOc1cc(/C=C2\C(=O)NC(=S)N(c3cccc(Cl)c3Cl)C2=O)cc(Cl)c1OC. The molecule has 0 radical (unpaired) electrons. The van der Waals surface area contributed by atoms with E-state index in [2.05, 4.69) is 5.32 Å². The zero-order valence-corrected chi connectivity index (χ0v) is 18.9. The zero-order chi connectivity index (χ0) is 22.0. The lowest BCUT2D eigenvalue weighted by Crippen LogP contribution is -2.54. The monoisotopic (exact) mass is 484 g/mol. The van der Waals surface area contributed by atoms with Crippen molar-refractivity contribution >= 4 is 75.7 Å². The Morgan fingerprint density at radius 2 is 1.90 bits per heavy atom. The number of carbonyl (C=O) groups is 2. The predicted octanol–water partition coefficient (Wildman–Crippen LogP) is 4.89. The van der Waals surface area contributed by atoms with Crippen LogP contribution in [0, 0.1) is 0 Å². The van der Waals surface area contributed by atoms with Crippen LogP contribution in [0.3, 0.4) is 0 Å². The molecule has 10 heteroatoms. The summed E-state index contributed by atoms with van der Waals surface area (Å²) < 4.78 is 10.8. The summed E-state index contributed by atoms with van der Waals surface area (Å²) in [5.74, 6) is -0.566. The highest BCUT2D eigenvalue weighted by molar-refractivity contribution is 7.80. The van der Waals surface area contributed by atoms with Gasteiger partial charge < -0.3 is 9.47 Å². The zero-order valence-electron chi connectivity index (χ0n) is 15.8. The number of nitrogens with one attached hydrogen (secondary N) is 1. The van der Waals surface area contributed by atoms with Gasteiger partial charge in [-0.15, -0.1) is 0 Å². The molecule has 156 valence electrons. The minimum absolute atomic E-state index is 0.103. The molecule has 2 amide bonds. The maximum atomic E-state index is 13.2. The molecule has 0 bridgehead atoms. The van der Waals surface area contributed by atoms with E-state index in [1.165, 1.54) is 13.2 Å². The number of amides is 2. The number of ether oxygens (including phenoxy) is 2. The maximum absolute atomic E-state index is 13.2. The third kappa shape index (κ3) is 4.25. The Bertz CT molecular complexity index is 1090. The van der Waals surface area contributed by atoms with Gasteiger partial charge in [-0.2, -0.15) is 0 Å². The summed E-state index contributed by atoms with van der Waals surface area (Å²) in [5.41, 5.74) is 0.559. The second kappa shape index (κ2) is 9.22. The number of anilines is 1. The summed E-state index contributed by atoms with van der Waals surface area (Å²) in [6.45, 7) is 2.19. The van der Waals surface area contributed by atoms with Gasteiger partial charge in [0.1, 0.15) is 5.57 Å². The fraction of sp³-hybridized carbons (Fsp3) is 0.150. The Kier molecular flexibility index (Phi) is 6.88. The third-order valence-electron chi connectivity index (χ3n) is 4.12. The van der Waals surface area contributed by atoms with E-state index < -0.39 is 11.8 Å². The van der Waals surface area contributed by atoms with Crippen molar-refractivity contribution in [2.45, 2.75) is 6.92 Å². The number of hydrogen-bond acceptors (Lipinski definition) is 5. The number of halogens is 3. The van der Waals surface area contributed by atoms with Gasteiger partial charge in [-0.05, 0) is 55.0 Å². The molecule has 1 aliphatic heterocycles. The fourth-order valence-corrected chi connectivity index (χ4v) is 3.79. The first-order chi connectivity index (χ1) is 14.3. The molecular formula is C20H15Cl3N2O4S. The number of carbonyl (C=O) groups excluding carboxylic acids is 2. The van der Waals surface area contributed by atoms with E-state index in [1.54, 1.807) is 30.3 Å². The summed E-state index contributed by atoms with van der Waals surface area (Å²) in [4.78, 5) is 26.8. The Morgan fingerprint density at radius 1 is 1.17 bits per heavy atom. The van der Waals surface area contributed by atoms with Gasteiger partial charge in [-0.3, -0.25) is 19.8 Å². The third-order valence-corrected chi connectivity index (χ3v) is 5.49. The second-order valence-corrected chi connectivity index (χ2v) is 7.58. The van der Waals surface area contributed by atoms with Crippen molar-refractivity contribution in [3.63, 3.8) is 0 Å². The standard InChI is InChI=1S/C20H15Cl3N2O4S/c1-3-29-15-9-10(8-13(22)17(15)28-2)7-11-18(26)24-20(30)25(19(11)27)14-6-4-5-12(21)16(14)23/h4-9H,3H2,1-2H3,(H,24,26,30)/b11-7+. The average Bonchev–Trinajstić information content (AvgIpc) is 2.68. The van der Waals surface area contributed by atoms with Gasteiger partial charge in [0.15, 0.2) is 16.6 Å². The quantitative estimate of drug-likeness (QED) is 0.371. The van der Waals surface area contributed by atoms with Gasteiger partial charge in [0.2, 0.25) is 0 Å². The second-order valence-electron chi connectivity index (χ2n) is 6.00. The molecule has 1 heterocycles. The minimum Gasteiger partial charge on any atom is -0.491 e. The molecular weight excluding hydrogens is 471 g/mol. The lowest BCUT2D eigenvalue weighted by atomic mass is 10.1. The summed E-state index contributed by atoms with van der Waals surface area (Å²) in [6.07, 6.45) is 1.39. The number of methoxy groups -OCH3 is 1. The lowest BCUT2D eigenvalue weighted by molar-refractivity contribution is -0.122. The van der Waals surface area contributed by atoms with E-state index in [0.29, 0.717) is 23.7 Å². The van der Waals surface area contributed by atoms with Crippen LogP contribution >= 0.6 is 47.0 Å². The van der Waals surface area contributed by atoms with E-state index in [-0.39, 0.29) is 31.4 Å². The molecule has 1 saturated heterocycles. The van der Waals surface area contributed by atoms with Crippen molar-refractivity contribution in [2.75, 3.05) is 18.6 Å². The van der Waals surface area contributed by atoms with Crippen LogP contribution in [0.5, 0.6) is 11.5 Å². The summed E-state index contributed by atoms with van der Waals surface area (Å²) in [5, 5.41) is 3.04. The van der Waals surface area contributed by atoms with Gasteiger partial charge in [0.25, 0.3) is 11.8 Å². The smallest absolute Gasteiger partial charge is 0.270 e. The van der Waals surface area contributed by atoms with E-state index in [1.807, 2.05) is 6.92 Å². The topological polar surface area (TPSA) is 67.9 Å². The molecule has 30 heavy (non-hydrogen) atoms. The van der Waals surface area contributed by atoms with Crippen molar-refractivity contribution in [1.82, 2.24) is 5.32 Å². The molecule has 1 aliphatic rings. The number of rotatable bonds is 5. The minimum atomic E-state index is -0.655. The molecule has 0 atom stereocenters. The van der Waals surface area contributed by atoms with Crippen LogP contribution in [-0.4, -0.2) is 30.6 Å². The van der Waals surface area contributed by atoms with Crippen LogP contribution in [0.1, 0.15) is 12.5 Å². The van der Waals surface area contributed by atoms with Crippen LogP contribution in [-0.2, 0) is 9.59 Å². The first kappa shape index (κ1) is 22.4. The normalized spacial score (nSPS) is 15.4. The number of thiocarbonyl (C=S) groups is 1. The number of nitrogens with zero attached hydrogens (tertiary/aromatic N) is 1. The van der Waals surface area contributed by atoms with Gasteiger partial charge in [0.05, 0.1) is 34.5 Å². The summed E-state index contributed by atoms with van der Waals surface area (Å²) >= 11 is 23.7.